The molecule has 1 aliphatic rings. The van der Waals surface area contributed by atoms with Crippen molar-refractivity contribution in [2.75, 3.05) is 24.6 Å². The van der Waals surface area contributed by atoms with Crippen molar-refractivity contribution in [2.45, 2.75) is 39.2 Å². The summed E-state index contributed by atoms with van der Waals surface area (Å²) in [6, 6.07) is 9.24. The Kier molecular flexibility index (Phi) is 6.92. The minimum Gasteiger partial charge on any atom is -0.394 e. The number of amides is 1. The summed E-state index contributed by atoms with van der Waals surface area (Å²) in [5, 5.41) is 13.2. The minimum atomic E-state index is -0.259. The summed E-state index contributed by atoms with van der Waals surface area (Å²) in [7, 11) is 0. The second kappa shape index (κ2) is 9.39. The maximum Gasteiger partial charge on any atom is 0.253 e. The highest BCUT2D eigenvalue weighted by Crippen LogP contribution is 2.32. The van der Waals surface area contributed by atoms with E-state index >= 15 is 0 Å². The van der Waals surface area contributed by atoms with Crippen LogP contribution in [0.1, 0.15) is 43.5 Å². The first-order valence-corrected chi connectivity index (χ1v) is 10.3. The second-order valence-electron chi connectivity index (χ2n) is 7.78. The molecule has 0 saturated carbocycles. The molecule has 150 valence electrons. The van der Waals surface area contributed by atoms with Gasteiger partial charge >= 0.3 is 0 Å². The first-order chi connectivity index (χ1) is 13.5. The maximum atomic E-state index is 12.8. The van der Waals surface area contributed by atoms with Gasteiger partial charge in [-0.1, -0.05) is 37.6 Å². The summed E-state index contributed by atoms with van der Waals surface area (Å²) in [6.07, 6.45) is 4.66. The lowest BCUT2D eigenvalue weighted by Gasteiger charge is -2.22. The predicted molar refractivity (Wildman–Crippen MR) is 114 cm³/mol. The Morgan fingerprint density at radius 1 is 1.25 bits per heavy atom. The number of aliphatic hydroxyl groups excluding tert-OH is 1. The van der Waals surface area contributed by atoms with Gasteiger partial charge in [-0.2, -0.15) is 0 Å². The summed E-state index contributed by atoms with van der Waals surface area (Å²) in [5.41, 5.74) is 2.40. The molecule has 0 bridgehead atoms. The van der Waals surface area contributed by atoms with Crippen LogP contribution in [0.4, 0.5) is 5.82 Å². The number of carbonyl (C=O) groups excluding carboxylic acids is 1. The number of nitrogens with one attached hydrogen (secondary N) is 1. The number of nitrogens with zero attached hydrogens (tertiary/aromatic N) is 2. The van der Waals surface area contributed by atoms with Crippen molar-refractivity contribution >= 4 is 23.3 Å². The number of rotatable bonds is 7. The molecule has 2 aromatic rings. The Morgan fingerprint density at radius 3 is 2.54 bits per heavy atom. The molecule has 5 nitrogen and oxygen atoms in total. The molecule has 1 aromatic carbocycles. The number of hydrogen-bond donors (Lipinski definition) is 2. The van der Waals surface area contributed by atoms with E-state index in [1.54, 1.807) is 6.20 Å². The van der Waals surface area contributed by atoms with Gasteiger partial charge in [0.05, 0.1) is 18.2 Å². The van der Waals surface area contributed by atoms with Gasteiger partial charge in [-0.3, -0.25) is 4.79 Å². The lowest BCUT2D eigenvalue weighted by Crippen LogP contribution is -2.38. The van der Waals surface area contributed by atoms with Gasteiger partial charge < -0.3 is 15.3 Å². The van der Waals surface area contributed by atoms with Crippen molar-refractivity contribution in [1.82, 2.24) is 10.3 Å². The Hall–Kier alpha value is -2.11. The van der Waals surface area contributed by atoms with Crippen LogP contribution in [0.2, 0.25) is 5.02 Å². The summed E-state index contributed by atoms with van der Waals surface area (Å²) in [6.45, 7) is 6.01. The fraction of sp³-hybridized carbons (Fsp3) is 0.455. The summed E-state index contributed by atoms with van der Waals surface area (Å²) >= 11 is 6.05. The summed E-state index contributed by atoms with van der Waals surface area (Å²) in [5.74, 6) is 1.07. The highest BCUT2D eigenvalue weighted by Gasteiger charge is 2.21. The largest absolute Gasteiger partial charge is 0.394 e. The maximum absolute atomic E-state index is 12.8. The molecule has 1 unspecified atom stereocenters. The molecule has 2 N–H and O–H groups in total. The Balaban J connectivity index is 1.91. The second-order valence-corrected chi connectivity index (χ2v) is 8.22. The molecule has 28 heavy (non-hydrogen) atoms. The van der Waals surface area contributed by atoms with Gasteiger partial charge in [0.1, 0.15) is 5.82 Å². The van der Waals surface area contributed by atoms with E-state index < -0.39 is 0 Å². The van der Waals surface area contributed by atoms with E-state index in [1.165, 1.54) is 0 Å². The number of aromatic nitrogens is 1. The van der Waals surface area contributed by atoms with Gasteiger partial charge in [-0.05, 0) is 48.9 Å². The first-order valence-electron chi connectivity index (χ1n) is 9.90. The molecule has 3 rings (SSSR count). The van der Waals surface area contributed by atoms with Gasteiger partial charge in [-0.15, -0.1) is 0 Å². The molecule has 6 heteroatoms. The standard InChI is InChI=1S/C22H28ClN3O2/c1-15(2)11-19(14-27)25-22(28)17-12-20(16-5-7-18(23)8-6-16)21(24-13-17)26-9-3-4-10-26/h5-8,12-13,15,19,27H,3-4,9-11,14H2,1-2H3,(H,25,28). The normalized spacial score (nSPS) is 15.1. The van der Waals surface area contributed by atoms with Crippen LogP contribution in [0.5, 0.6) is 0 Å². The fourth-order valence-corrected chi connectivity index (χ4v) is 3.75. The van der Waals surface area contributed by atoms with E-state index in [9.17, 15) is 9.90 Å². The monoisotopic (exact) mass is 401 g/mol. The van der Waals surface area contributed by atoms with Crippen LogP contribution >= 0.6 is 11.6 Å². The summed E-state index contributed by atoms with van der Waals surface area (Å²) in [4.78, 5) is 19.7. The van der Waals surface area contributed by atoms with Gasteiger partial charge in [-0.25, -0.2) is 4.98 Å². The van der Waals surface area contributed by atoms with Gasteiger partial charge in [0.2, 0.25) is 0 Å². The number of anilines is 1. The third-order valence-electron chi connectivity index (χ3n) is 5.00. The van der Waals surface area contributed by atoms with Crippen molar-refractivity contribution < 1.29 is 9.90 Å². The van der Waals surface area contributed by atoms with Crippen LogP contribution in [-0.2, 0) is 0 Å². The molecule has 1 aliphatic heterocycles. The smallest absolute Gasteiger partial charge is 0.253 e. The third-order valence-corrected chi connectivity index (χ3v) is 5.25. The molecule has 0 spiro atoms. The fourth-order valence-electron chi connectivity index (χ4n) is 3.62. The molecule has 2 heterocycles. The highest BCUT2D eigenvalue weighted by atomic mass is 35.5. The van der Waals surface area contributed by atoms with Crippen molar-refractivity contribution in [3.8, 4) is 11.1 Å². The van der Waals surface area contributed by atoms with E-state index in [-0.39, 0.29) is 18.6 Å². The third kappa shape index (κ3) is 5.03. The van der Waals surface area contributed by atoms with Crippen molar-refractivity contribution in [3.63, 3.8) is 0 Å². The van der Waals surface area contributed by atoms with E-state index in [0.717, 1.165) is 49.3 Å². The molecule has 0 radical (unpaired) electrons. The zero-order chi connectivity index (χ0) is 20.1. The predicted octanol–water partition coefficient (Wildman–Crippen LogP) is 4.14. The Morgan fingerprint density at radius 2 is 1.93 bits per heavy atom. The van der Waals surface area contributed by atoms with Crippen molar-refractivity contribution in [2.24, 2.45) is 5.92 Å². The van der Waals surface area contributed by atoms with E-state index in [0.29, 0.717) is 16.5 Å². The molecule has 1 aromatic heterocycles. The Labute approximate surface area is 171 Å². The number of pyridine rings is 1. The van der Waals surface area contributed by atoms with Crippen LogP contribution in [0, 0.1) is 5.92 Å². The lowest BCUT2D eigenvalue weighted by molar-refractivity contribution is 0.0908. The van der Waals surface area contributed by atoms with Crippen LogP contribution in [0.3, 0.4) is 0 Å². The van der Waals surface area contributed by atoms with E-state index in [4.69, 9.17) is 11.6 Å². The van der Waals surface area contributed by atoms with E-state index in [1.807, 2.05) is 30.3 Å². The zero-order valence-electron chi connectivity index (χ0n) is 16.5. The van der Waals surface area contributed by atoms with Gasteiger partial charge in [0.15, 0.2) is 0 Å². The van der Waals surface area contributed by atoms with E-state index in [2.05, 4.69) is 29.0 Å². The number of carbonyl (C=O) groups is 1. The van der Waals surface area contributed by atoms with Crippen LogP contribution in [-0.4, -0.2) is 41.7 Å². The highest BCUT2D eigenvalue weighted by molar-refractivity contribution is 6.30. The van der Waals surface area contributed by atoms with Crippen molar-refractivity contribution in [3.05, 3.63) is 47.1 Å². The molecule has 1 fully saturated rings. The molecule has 1 atom stereocenters. The molecular formula is C22H28ClN3O2. The van der Waals surface area contributed by atoms with Crippen LogP contribution < -0.4 is 10.2 Å². The quantitative estimate of drug-likeness (QED) is 0.731. The van der Waals surface area contributed by atoms with Gasteiger partial charge in [0, 0.05) is 29.9 Å². The molecule has 1 amide bonds. The van der Waals surface area contributed by atoms with Gasteiger partial charge in [0.25, 0.3) is 5.91 Å². The lowest BCUT2D eigenvalue weighted by atomic mass is 10.0. The molecule has 0 aliphatic carbocycles. The van der Waals surface area contributed by atoms with Crippen molar-refractivity contribution in [1.29, 1.82) is 0 Å². The number of halogens is 1. The zero-order valence-corrected chi connectivity index (χ0v) is 17.2. The summed E-state index contributed by atoms with van der Waals surface area (Å²) < 4.78 is 0. The minimum absolute atomic E-state index is 0.0761. The average Bonchev–Trinajstić information content (AvgIpc) is 3.21. The first kappa shape index (κ1) is 20.6. The number of benzene rings is 1. The number of hydrogen-bond acceptors (Lipinski definition) is 4. The number of aliphatic hydroxyl groups is 1. The molecular weight excluding hydrogens is 374 g/mol. The topological polar surface area (TPSA) is 65.5 Å². The SMILES string of the molecule is CC(C)CC(CO)NC(=O)c1cnc(N2CCCC2)c(-c2ccc(Cl)cc2)c1. The Bertz CT molecular complexity index is 802. The van der Waals surface area contributed by atoms with Crippen LogP contribution in [0.25, 0.3) is 11.1 Å². The average molecular weight is 402 g/mol. The van der Waals surface area contributed by atoms with Crippen LogP contribution in [0.15, 0.2) is 36.5 Å². The molecule has 1 saturated heterocycles.